The zero-order valence-corrected chi connectivity index (χ0v) is 13.8. The second kappa shape index (κ2) is 5.94. The molecule has 0 saturated heterocycles. The van der Waals surface area contributed by atoms with Crippen LogP contribution in [0, 0.1) is 12.7 Å². The summed E-state index contributed by atoms with van der Waals surface area (Å²) < 4.78 is 46.1. The fourth-order valence-electron chi connectivity index (χ4n) is 2.81. The third kappa shape index (κ3) is 2.84. The standard InChI is InChI=1S/C17H18FNO3S/c1-12-11-13(7-8-15(12)18)23(20,21)19(2)16-9-10-22-17-6-4-3-5-14(16)17/h3-8,11,16H,9-10H2,1-2H3. The number of rotatable bonds is 3. The van der Waals surface area contributed by atoms with E-state index in [1.54, 1.807) is 14.0 Å². The number of hydrogen-bond donors (Lipinski definition) is 0. The summed E-state index contributed by atoms with van der Waals surface area (Å²) in [6.07, 6.45) is 0.576. The second-order valence-electron chi connectivity index (χ2n) is 5.62. The fourth-order valence-corrected chi connectivity index (χ4v) is 4.26. The molecule has 1 aliphatic rings. The molecule has 6 heteroatoms. The first kappa shape index (κ1) is 16.0. The summed E-state index contributed by atoms with van der Waals surface area (Å²) in [6, 6.07) is 11.0. The molecular formula is C17H18FNO3S. The van der Waals surface area contributed by atoms with Crippen LogP contribution < -0.4 is 4.74 Å². The van der Waals surface area contributed by atoms with Crippen LogP contribution in [0.4, 0.5) is 4.39 Å². The van der Waals surface area contributed by atoms with Crippen LogP contribution in [0.3, 0.4) is 0 Å². The summed E-state index contributed by atoms with van der Waals surface area (Å²) in [5, 5.41) is 0. The molecule has 0 bridgehead atoms. The van der Waals surface area contributed by atoms with Gasteiger partial charge in [-0.15, -0.1) is 0 Å². The Hall–Kier alpha value is -1.92. The lowest BCUT2D eigenvalue weighted by molar-refractivity contribution is 0.221. The number of ether oxygens (including phenoxy) is 1. The minimum Gasteiger partial charge on any atom is -0.493 e. The quantitative estimate of drug-likeness (QED) is 0.865. The Bertz CT molecular complexity index is 835. The molecule has 23 heavy (non-hydrogen) atoms. The van der Waals surface area contributed by atoms with Gasteiger partial charge >= 0.3 is 0 Å². The summed E-state index contributed by atoms with van der Waals surface area (Å²) in [7, 11) is -2.15. The van der Waals surface area contributed by atoms with Gasteiger partial charge in [0.25, 0.3) is 0 Å². The highest BCUT2D eigenvalue weighted by Gasteiger charge is 2.32. The maximum Gasteiger partial charge on any atom is 0.243 e. The van der Waals surface area contributed by atoms with Crippen LogP contribution in [0.25, 0.3) is 0 Å². The number of para-hydroxylation sites is 1. The van der Waals surface area contributed by atoms with E-state index >= 15 is 0 Å². The zero-order chi connectivity index (χ0) is 16.6. The molecule has 0 radical (unpaired) electrons. The summed E-state index contributed by atoms with van der Waals surface area (Å²) in [6.45, 7) is 2.02. The van der Waals surface area contributed by atoms with Crippen molar-refractivity contribution < 1.29 is 17.5 Å². The Morgan fingerprint density at radius 3 is 2.70 bits per heavy atom. The molecule has 1 atom stereocenters. The molecule has 0 fully saturated rings. The van der Waals surface area contributed by atoms with E-state index in [1.807, 2.05) is 24.3 Å². The molecule has 2 aromatic rings. The van der Waals surface area contributed by atoms with Gasteiger partial charge in [-0.3, -0.25) is 0 Å². The van der Waals surface area contributed by atoms with Gasteiger partial charge in [0.1, 0.15) is 11.6 Å². The van der Waals surface area contributed by atoms with Crippen molar-refractivity contribution in [2.75, 3.05) is 13.7 Å². The van der Waals surface area contributed by atoms with Crippen molar-refractivity contribution in [3.63, 3.8) is 0 Å². The molecule has 1 aliphatic heterocycles. The Kier molecular flexibility index (Phi) is 4.12. The van der Waals surface area contributed by atoms with Gasteiger partial charge in [0.05, 0.1) is 17.5 Å². The molecule has 0 aromatic heterocycles. The van der Waals surface area contributed by atoms with Crippen LogP contribution in [-0.2, 0) is 10.0 Å². The Morgan fingerprint density at radius 1 is 1.22 bits per heavy atom. The van der Waals surface area contributed by atoms with Gasteiger partial charge in [0.15, 0.2) is 0 Å². The molecule has 4 nitrogen and oxygen atoms in total. The van der Waals surface area contributed by atoms with E-state index in [0.717, 1.165) is 5.56 Å². The summed E-state index contributed by atoms with van der Waals surface area (Å²) in [5.74, 6) is 0.295. The van der Waals surface area contributed by atoms with Crippen LogP contribution >= 0.6 is 0 Å². The van der Waals surface area contributed by atoms with Gasteiger partial charge in [-0.05, 0) is 36.8 Å². The molecule has 0 saturated carbocycles. The number of sulfonamides is 1. The van der Waals surface area contributed by atoms with Crippen LogP contribution in [-0.4, -0.2) is 26.4 Å². The van der Waals surface area contributed by atoms with Crippen LogP contribution in [0.1, 0.15) is 23.6 Å². The van der Waals surface area contributed by atoms with E-state index in [-0.39, 0.29) is 10.9 Å². The van der Waals surface area contributed by atoms with Crippen molar-refractivity contribution in [1.29, 1.82) is 0 Å². The van der Waals surface area contributed by atoms with E-state index < -0.39 is 15.8 Å². The SMILES string of the molecule is Cc1cc(S(=O)(=O)N(C)C2CCOc3ccccc32)ccc1F. The zero-order valence-electron chi connectivity index (χ0n) is 13.0. The number of fused-ring (bicyclic) bond motifs is 1. The van der Waals surface area contributed by atoms with E-state index in [9.17, 15) is 12.8 Å². The van der Waals surface area contributed by atoms with Gasteiger partial charge in [-0.25, -0.2) is 12.8 Å². The summed E-state index contributed by atoms with van der Waals surface area (Å²) >= 11 is 0. The van der Waals surface area contributed by atoms with Gasteiger partial charge in [0.2, 0.25) is 10.0 Å². The van der Waals surface area contributed by atoms with E-state index in [2.05, 4.69) is 0 Å². The van der Waals surface area contributed by atoms with E-state index in [4.69, 9.17) is 4.74 Å². The van der Waals surface area contributed by atoms with Crippen molar-refractivity contribution in [1.82, 2.24) is 4.31 Å². The minimum absolute atomic E-state index is 0.0999. The average Bonchev–Trinajstić information content (AvgIpc) is 2.56. The molecular weight excluding hydrogens is 317 g/mol. The number of hydrogen-bond acceptors (Lipinski definition) is 3. The third-order valence-electron chi connectivity index (χ3n) is 4.17. The first-order chi connectivity index (χ1) is 10.9. The maximum absolute atomic E-state index is 13.4. The number of halogens is 1. The molecule has 0 N–H and O–H groups in total. The predicted molar refractivity (Wildman–Crippen MR) is 85.4 cm³/mol. The minimum atomic E-state index is -3.71. The lowest BCUT2D eigenvalue weighted by Crippen LogP contribution is -2.34. The molecule has 2 aromatic carbocycles. The second-order valence-corrected chi connectivity index (χ2v) is 7.62. The first-order valence-electron chi connectivity index (χ1n) is 7.37. The molecule has 122 valence electrons. The molecule has 0 spiro atoms. The summed E-state index contributed by atoms with van der Waals surface area (Å²) in [4.78, 5) is 0.0999. The molecule has 1 unspecified atom stereocenters. The highest BCUT2D eigenvalue weighted by Crippen LogP contribution is 2.37. The van der Waals surface area contributed by atoms with Gasteiger partial charge < -0.3 is 4.74 Å². The van der Waals surface area contributed by atoms with Gasteiger partial charge in [-0.2, -0.15) is 4.31 Å². The number of benzene rings is 2. The fraction of sp³-hybridized carbons (Fsp3) is 0.294. The molecule has 3 rings (SSSR count). The first-order valence-corrected chi connectivity index (χ1v) is 8.81. The Morgan fingerprint density at radius 2 is 1.96 bits per heavy atom. The largest absolute Gasteiger partial charge is 0.493 e. The van der Waals surface area contributed by atoms with Crippen LogP contribution in [0.5, 0.6) is 5.75 Å². The predicted octanol–water partition coefficient (Wildman–Crippen LogP) is 3.28. The van der Waals surface area contributed by atoms with Crippen molar-refractivity contribution in [3.05, 3.63) is 59.4 Å². The Balaban J connectivity index is 1.99. The highest BCUT2D eigenvalue weighted by molar-refractivity contribution is 7.89. The topological polar surface area (TPSA) is 46.6 Å². The molecule has 1 heterocycles. The summed E-state index contributed by atoms with van der Waals surface area (Å²) in [5.41, 5.74) is 1.16. The van der Waals surface area contributed by atoms with Crippen LogP contribution in [0.15, 0.2) is 47.4 Å². The lowest BCUT2D eigenvalue weighted by atomic mass is 10.0. The normalized spacial score (nSPS) is 17.7. The maximum atomic E-state index is 13.4. The van der Waals surface area contributed by atoms with Gasteiger partial charge in [0, 0.05) is 19.0 Å². The smallest absolute Gasteiger partial charge is 0.243 e. The average molecular weight is 335 g/mol. The number of nitrogens with zero attached hydrogens (tertiary/aromatic N) is 1. The third-order valence-corrected chi connectivity index (χ3v) is 6.03. The van der Waals surface area contributed by atoms with E-state index in [0.29, 0.717) is 24.3 Å². The lowest BCUT2D eigenvalue weighted by Gasteiger charge is -2.32. The van der Waals surface area contributed by atoms with Crippen molar-refractivity contribution >= 4 is 10.0 Å². The highest BCUT2D eigenvalue weighted by atomic mass is 32.2. The van der Waals surface area contributed by atoms with Crippen molar-refractivity contribution in [3.8, 4) is 5.75 Å². The van der Waals surface area contributed by atoms with Crippen molar-refractivity contribution in [2.45, 2.75) is 24.3 Å². The molecule has 0 amide bonds. The molecule has 0 aliphatic carbocycles. The number of aryl methyl sites for hydroxylation is 1. The van der Waals surface area contributed by atoms with Crippen molar-refractivity contribution in [2.24, 2.45) is 0 Å². The monoisotopic (exact) mass is 335 g/mol. The van der Waals surface area contributed by atoms with Gasteiger partial charge in [-0.1, -0.05) is 18.2 Å². The Labute approximate surface area is 135 Å². The van der Waals surface area contributed by atoms with Crippen LogP contribution in [0.2, 0.25) is 0 Å². The van der Waals surface area contributed by atoms with E-state index in [1.165, 1.54) is 22.5 Å².